The van der Waals surface area contributed by atoms with Gasteiger partial charge in [-0.1, -0.05) is 24.3 Å². The first-order chi connectivity index (χ1) is 12.1. The van der Waals surface area contributed by atoms with Crippen LogP contribution in [0.3, 0.4) is 0 Å². The van der Waals surface area contributed by atoms with E-state index >= 15 is 0 Å². The third-order valence-electron chi connectivity index (χ3n) is 4.67. The van der Waals surface area contributed by atoms with E-state index in [1.54, 1.807) is 0 Å². The molecule has 1 nitrogen and oxygen atoms in total. The molecule has 4 aromatic rings. The predicted octanol–water partition coefficient (Wildman–Crippen LogP) is 5.82. The number of halogens is 3. The molecule has 0 N–H and O–H groups in total. The second-order valence-electron chi connectivity index (χ2n) is 6.11. The Morgan fingerprint density at radius 1 is 0.800 bits per heavy atom. The van der Waals surface area contributed by atoms with Crippen LogP contribution in [0.1, 0.15) is 18.1 Å². The Morgan fingerprint density at radius 2 is 1.52 bits per heavy atom. The van der Waals surface area contributed by atoms with Gasteiger partial charge in [0.25, 0.3) is 0 Å². The predicted molar refractivity (Wildman–Crippen MR) is 94.2 cm³/mol. The van der Waals surface area contributed by atoms with E-state index in [9.17, 15) is 13.2 Å². The average molecular weight is 339 g/mol. The third kappa shape index (κ3) is 2.49. The number of hydrogen-bond acceptors (Lipinski definition) is 0. The zero-order valence-corrected chi connectivity index (χ0v) is 13.7. The summed E-state index contributed by atoms with van der Waals surface area (Å²) in [6, 6.07) is 15.6. The van der Waals surface area contributed by atoms with E-state index in [-0.39, 0.29) is 12.0 Å². The summed E-state index contributed by atoms with van der Waals surface area (Å²) in [5, 5.41) is 2.13. The van der Waals surface area contributed by atoms with Gasteiger partial charge in [-0.15, -0.1) is 0 Å². The maximum Gasteiger partial charge on any atom is 0.165 e. The molecular weight excluding hydrogens is 323 g/mol. The number of para-hydroxylation sites is 1. The first kappa shape index (κ1) is 15.8. The van der Waals surface area contributed by atoms with Crippen molar-refractivity contribution in [2.75, 3.05) is 0 Å². The minimum absolute atomic E-state index is 0.0109. The van der Waals surface area contributed by atoms with E-state index < -0.39 is 17.5 Å². The normalized spacial score (nSPS) is 11.5. The number of benzene rings is 3. The maximum absolute atomic E-state index is 14.0. The Kier molecular flexibility index (Phi) is 3.75. The molecule has 3 aromatic carbocycles. The standard InChI is InChI=1S/C21H16F3N/c1-2-25-19-6-4-3-5-14(19)15-11-13(7-10-20(15)25)12-16-17(22)8-9-18(23)21(16)24/h3-11H,2,12H2,1H3. The van der Waals surface area contributed by atoms with Gasteiger partial charge < -0.3 is 4.57 Å². The fourth-order valence-electron chi connectivity index (χ4n) is 3.49. The Labute approximate surface area is 143 Å². The van der Waals surface area contributed by atoms with Gasteiger partial charge >= 0.3 is 0 Å². The number of rotatable bonds is 3. The van der Waals surface area contributed by atoms with Crippen LogP contribution in [0.25, 0.3) is 21.8 Å². The van der Waals surface area contributed by atoms with Crippen LogP contribution in [0.5, 0.6) is 0 Å². The highest BCUT2D eigenvalue weighted by atomic mass is 19.2. The summed E-state index contributed by atoms with van der Waals surface area (Å²) in [5.74, 6) is -2.87. The number of fused-ring (bicyclic) bond motifs is 3. The van der Waals surface area contributed by atoms with Crippen LogP contribution in [0.4, 0.5) is 13.2 Å². The van der Waals surface area contributed by atoms with E-state index in [0.29, 0.717) is 0 Å². The molecule has 4 rings (SSSR count). The summed E-state index contributed by atoms with van der Waals surface area (Å²) < 4.78 is 43.5. The van der Waals surface area contributed by atoms with Gasteiger partial charge in [-0.3, -0.25) is 0 Å². The van der Waals surface area contributed by atoms with Crippen LogP contribution < -0.4 is 0 Å². The SMILES string of the molecule is CCn1c2ccccc2c2cc(Cc3c(F)ccc(F)c3F)ccc21. The van der Waals surface area contributed by atoms with E-state index in [4.69, 9.17) is 0 Å². The van der Waals surface area contributed by atoms with Crippen molar-refractivity contribution in [3.8, 4) is 0 Å². The lowest BCUT2D eigenvalue weighted by Gasteiger charge is -2.07. The Morgan fingerprint density at radius 3 is 2.32 bits per heavy atom. The molecular formula is C21H16F3N. The molecule has 0 aliphatic heterocycles. The number of hydrogen-bond donors (Lipinski definition) is 0. The highest BCUT2D eigenvalue weighted by molar-refractivity contribution is 6.08. The topological polar surface area (TPSA) is 4.93 Å². The van der Waals surface area contributed by atoms with Gasteiger partial charge in [-0.2, -0.15) is 0 Å². The van der Waals surface area contributed by atoms with Gasteiger partial charge in [-0.05, 0) is 42.8 Å². The van der Waals surface area contributed by atoms with Gasteiger partial charge in [0, 0.05) is 40.3 Å². The highest BCUT2D eigenvalue weighted by Gasteiger charge is 2.15. The van der Waals surface area contributed by atoms with E-state index in [1.807, 2.05) is 36.4 Å². The molecule has 1 heterocycles. The van der Waals surface area contributed by atoms with E-state index in [2.05, 4.69) is 17.6 Å². The van der Waals surface area contributed by atoms with Crippen LogP contribution in [-0.2, 0) is 13.0 Å². The van der Waals surface area contributed by atoms with Gasteiger partial charge in [0.15, 0.2) is 11.6 Å². The molecule has 0 unspecified atom stereocenters. The molecule has 0 fully saturated rings. The summed E-state index contributed by atoms with van der Waals surface area (Å²) in [4.78, 5) is 0. The van der Waals surface area contributed by atoms with Gasteiger partial charge in [-0.25, -0.2) is 13.2 Å². The van der Waals surface area contributed by atoms with Crippen molar-refractivity contribution in [3.05, 3.63) is 83.2 Å². The van der Waals surface area contributed by atoms with Crippen molar-refractivity contribution < 1.29 is 13.2 Å². The lowest BCUT2D eigenvalue weighted by molar-refractivity contribution is 0.482. The fraction of sp³-hybridized carbons (Fsp3) is 0.143. The summed E-state index contributed by atoms with van der Waals surface area (Å²) in [6.07, 6.45) is 0.0109. The molecule has 0 saturated heterocycles. The highest BCUT2D eigenvalue weighted by Crippen LogP contribution is 2.30. The average Bonchev–Trinajstić information content (AvgIpc) is 2.95. The van der Waals surface area contributed by atoms with Crippen LogP contribution in [0.15, 0.2) is 54.6 Å². The zero-order chi connectivity index (χ0) is 17.6. The molecule has 0 aliphatic rings. The monoisotopic (exact) mass is 339 g/mol. The van der Waals surface area contributed by atoms with Gasteiger partial charge in [0.1, 0.15) is 5.82 Å². The van der Waals surface area contributed by atoms with Crippen molar-refractivity contribution in [1.29, 1.82) is 0 Å². The van der Waals surface area contributed by atoms with Crippen LogP contribution in [0, 0.1) is 17.5 Å². The molecule has 0 amide bonds. The maximum atomic E-state index is 14.0. The summed E-state index contributed by atoms with van der Waals surface area (Å²) in [7, 11) is 0. The Bertz CT molecular complexity index is 1100. The van der Waals surface area contributed by atoms with Crippen molar-refractivity contribution in [3.63, 3.8) is 0 Å². The quantitative estimate of drug-likeness (QED) is 0.414. The molecule has 0 aliphatic carbocycles. The lowest BCUT2D eigenvalue weighted by atomic mass is 10.0. The zero-order valence-electron chi connectivity index (χ0n) is 13.7. The number of aromatic nitrogens is 1. The molecule has 0 saturated carbocycles. The van der Waals surface area contributed by atoms with Crippen molar-refractivity contribution >= 4 is 21.8 Å². The summed E-state index contributed by atoms with van der Waals surface area (Å²) in [5.41, 5.74) is 2.71. The first-order valence-corrected chi connectivity index (χ1v) is 8.22. The minimum atomic E-state index is -1.11. The molecule has 4 heteroatoms. The van der Waals surface area contributed by atoms with E-state index in [0.717, 1.165) is 46.0 Å². The number of nitrogens with zero attached hydrogens (tertiary/aromatic N) is 1. The smallest absolute Gasteiger partial charge is 0.165 e. The molecule has 0 radical (unpaired) electrons. The van der Waals surface area contributed by atoms with Gasteiger partial charge in [0.2, 0.25) is 0 Å². The second-order valence-corrected chi connectivity index (χ2v) is 6.11. The molecule has 0 bridgehead atoms. The molecule has 25 heavy (non-hydrogen) atoms. The van der Waals surface area contributed by atoms with Crippen LogP contribution in [0.2, 0.25) is 0 Å². The molecule has 1 aromatic heterocycles. The second kappa shape index (κ2) is 5.96. The van der Waals surface area contributed by atoms with Crippen molar-refractivity contribution in [2.45, 2.75) is 19.9 Å². The minimum Gasteiger partial charge on any atom is -0.341 e. The van der Waals surface area contributed by atoms with Crippen molar-refractivity contribution in [2.24, 2.45) is 0 Å². The van der Waals surface area contributed by atoms with Gasteiger partial charge in [0.05, 0.1) is 0 Å². The largest absolute Gasteiger partial charge is 0.341 e. The molecule has 0 spiro atoms. The van der Waals surface area contributed by atoms with Crippen molar-refractivity contribution in [1.82, 2.24) is 4.57 Å². The lowest BCUT2D eigenvalue weighted by Crippen LogP contribution is -2.00. The molecule has 0 atom stereocenters. The summed E-state index contributed by atoms with van der Waals surface area (Å²) in [6.45, 7) is 2.91. The van der Waals surface area contributed by atoms with Crippen LogP contribution >= 0.6 is 0 Å². The summed E-state index contributed by atoms with van der Waals surface area (Å²) >= 11 is 0. The fourth-order valence-corrected chi connectivity index (χ4v) is 3.49. The first-order valence-electron chi connectivity index (χ1n) is 8.22. The number of aryl methyl sites for hydroxylation is 1. The Balaban J connectivity index is 1.88. The third-order valence-corrected chi connectivity index (χ3v) is 4.67. The van der Waals surface area contributed by atoms with E-state index in [1.165, 1.54) is 0 Å². The Hall–Kier alpha value is -2.75. The molecule has 126 valence electrons. The van der Waals surface area contributed by atoms with Crippen LogP contribution in [-0.4, -0.2) is 4.57 Å².